The molecule has 0 unspecified atom stereocenters. The number of aliphatic carboxylic acids is 1. The van der Waals surface area contributed by atoms with Crippen molar-refractivity contribution in [2.24, 2.45) is 5.10 Å². The van der Waals surface area contributed by atoms with Crippen molar-refractivity contribution in [3.8, 4) is 17.2 Å². The lowest BCUT2D eigenvalue weighted by molar-refractivity contribution is -0.139. The first-order valence-electron chi connectivity index (χ1n) is 9.72. The zero-order valence-corrected chi connectivity index (χ0v) is 18.3. The fraction of sp³-hybridized carbons (Fsp3) is 0.261. The van der Waals surface area contributed by atoms with Crippen LogP contribution in [-0.2, 0) is 16.0 Å². The molecule has 0 aliphatic rings. The second-order valence-corrected chi connectivity index (χ2v) is 6.86. The van der Waals surface area contributed by atoms with Gasteiger partial charge in [-0.2, -0.15) is 5.10 Å². The Morgan fingerprint density at radius 1 is 1.19 bits per heavy atom. The van der Waals surface area contributed by atoms with Crippen LogP contribution in [0.4, 0.5) is 5.69 Å². The van der Waals surface area contributed by atoms with Crippen LogP contribution in [0.2, 0.25) is 0 Å². The van der Waals surface area contributed by atoms with Crippen molar-refractivity contribution in [1.82, 2.24) is 5.43 Å². The van der Waals surface area contributed by atoms with Gasteiger partial charge in [0.25, 0.3) is 5.91 Å². The van der Waals surface area contributed by atoms with Gasteiger partial charge in [0.05, 0.1) is 13.3 Å². The largest absolute Gasteiger partial charge is 0.493 e. The van der Waals surface area contributed by atoms with Crippen LogP contribution in [0.3, 0.4) is 0 Å². The second kappa shape index (κ2) is 12.0. The molecule has 0 fully saturated rings. The molecule has 2 N–H and O–H groups in total. The SMILES string of the molecule is C=CCc1cc(/C=N/NC(=O)COc2cccc(N(C)C)c2)cc(OC)c1OCC(=O)O. The maximum absolute atomic E-state index is 12.0. The van der Waals surface area contributed by atoms with Crippen LogP contribution in [0.15, 0.2) is 54.2 Å². The number of benzene rings is 2. The van der Waals surface area contributed by atoms with Crippen LogP contribution in [0.25, 0.3) is 0 Å². The van der Waals surface area contributed by atoms with E-state index in [4.69, 9.17) is 19.3 Å². The van der Waals surface area contributed by atoms with Gasteiger partial charge in [0.1, 0.15) is 5.75 Å². The number of nitrogens with one attached hydrogen (secondary N) is 1. The minimum Gasteiger partial charge on any atom is -0.493 e. The zero-order valence-electron chi connectivity index (χ0n) is 18.3. The lowest BCUT2D eigenvalue weighted by atomic mass is 10.1. The minimum atomic E-state index is -1.10. The summed E-state index contributed by atoms with van der Waals surface area (Å²) in [5.41, 5.74) is 4.67. The number of hydrogen-bond donors (Lipinski definition) is 2. The van der Waals surface area contributed by atoms with Crippen molar-refractivity contribution in [2.45, 2.75) is 6.42 Å². The molecule has 0 saturated carbocycles. The van der Waals surface area contributed by atoms with Crippen molar-refractivity contribution in [3.05, 3.63) is 60.2 Å². The maximum atomic E-state index is 12.0. The van der Waals surface area contributed by atoms with Gasteiger partial charge in [0.2, 0.25) is 0 Å². The summed E-state index contributed by atoms with van der Waals surface area (Å²) in [5.74, 6) is -0.269. The fourth-order valence-corrected chi connectivity index (χ4v) is 2.73. The molecular weight excluding hydrogens is 414 g/mol. The number of methoxy groups -OCH3 is 1. The number of carbonyl (C=O) groups is 2. The van der Waals surface area contributed by atoms with E-state index in [2.05, 4.69) is 17.1 Å². The van der Waals surface area contributed by atoms with Crippen LogP contribution in [0, 0.1) is 0 Å². The van der Waals surface area contributed by atoms with E-state index in [0.29, 0.717) is 34.8 Å². The molecule has 2 rings (SSSR count). The molecule has 2 aromatic rings. The molecule has 0 aliphatic carbocycles. The maximum Gasteiger partial charge on any atom is 0.341 e. The predicted molar refractivity (Wildman–Crippen MR) is 122 cm³/mol. The van der Waals surface area contributed by atoms with Crippen molar-refractivity contribution in [1.29, 1.82) is 0 Å². The number of allylic oxidation sites excluding steroid dienone is 1. The van der Waals surface area contributed by atoms with E-state index in [1.165, 1.54) is 13.3 Å². The van der Waals surface area contributed by atoms with Gasteiger partial charge in [0, 0.05) is 31.4 Å². The van der Waals surface area contributed by atoms with Crippen LogP contribution >= 0.6 is 0 Å². The quantitative estimate of drug-likeness (QED) is 0.296. The number of carbonyl (C=O) groups excluding carboxylic acids is 1. The Morgan fingerprint density at radius 3 is 2.62 bits per heavy atom. The number of amides is 1. The summed E-state index contributed by atoms with van der Waals surface area (Å²) >= 11 is 0. The summed E-state index contributed by atoms with van der Waals surface area (Å²) in [6.07, 6.45) is 3.54. The Morgan fingerprint density at radius 2 is 1.97 bits per heavy atom. The number of anilines is 1. The molecule has 2 aromatic carbocycles. The Labute approximate surface area is 186 Å². The van der Waals surface area contributed by atoms with Gasteiger partial charge in [-0.05, 0) is 36.2 Å². The predicted octanol–water partition coefficient (Wildman–Crippen LogP) is 2.48. The standard InChI is InChI=1S/C23H27N3O6/c1-5-7-17-10-16(11-20(30-4)23(17)32-15-22(28)29)13-24-25-21(27)14-31-19-9-6-8-18(12-19)26(2)3/h5-6,8-13H,1,7,14-15H2,2-4H3,(H,25,27)(H,28,29)/b24-13+. The first-order valence-corrected chi connectivity index (χ1v) is 9.72. The number of nitrogens with zero attached hydrogens (tertiary/aromatic N) is 2. The molecule has 0 heterocycles. The lowest BCUT2D eigenvalue weighted by Gasteiger charge is -2.14. The summed E-state index contributed by atoms with van der Waals surface area (Å²) in [5, 5.41) is 12.8. The molecular formula is C23H27N3O6. The van der Waals surface area contributed by atoms with Crippen molar-refractivity contribution in [3.63, 3.8) is 0 Å². The average molecular weight is 441 g/mol. The van der Waals surface area contributed by atoms with Gasteiger partial charge >= 0.3 is 5.97 Å². The van der Waals surface area contributed by atoms with E-state index >= 15 is 0 Å². The highest BCUT2D eigenvalue weighted by Crippen LogP contribution is 2.33. The van der Waals surface area contributed by atoms with Crippen molar-refractivity contribution < 1.29 is 28.9 Å². The summed E-state index contributed by atoms with van der Waals surface area (Å²) < 4.78 is 16.2. The number of hydrazone groups is 1. The molecule has 32 heavy (non-hydrogen) atoms. The topological polar surface area (TPSA) is 110 Å². The number of rotatable bonds is 12. The highest BCUT2D eigenvalue weighted by molar-refractivity contribution is 5.84. The van der Waals surface area contributed by atoms with E-state index in [0.717, 1.165) is 5.69 Å². The minimum absolute atomic E-state index is 0.193. The van der Waals surface area contributed by atoms with E-state index < -0.39 is 18.5 Å². The third kappa shape index (κ3) is 7.35. The molecule has 170 valence electrons. The van der Waals surface area contributed by atoms with Crippen molar-refractivity contribution >= 4 is 23.8 Å². The molecule has 0 bridgehead atoms. The highest BCUT2D eigenvalue weighted by atomic mass is 16.5. The highest BCUT2D eigenvalue weighted by Gasteiger charge is 2.14. The third-order valence-corrected chi connectivity index (χ3v) is 4.19. The Hall–Kier alpha value is -4.01. The van der Waals surface area contributed by atoms with Crippen molar-refractivity contribution in [2.75, 3.05) is 39.3 Å². The number of carboxylic acids is 1. The summed E-state index contributed by atoms with van der Waals surface area (Å²) in [6.45, 7) is 3.01. The van der Waals surface area contributed by atoms with Crippen LogP contribution in [0.1, 0.15) is 11.1 Å². The Bertz CT molecular complexity index is 988. The molecule has 0 atom stereocenters. The van der Waals surface area contributed by atoms with E-state index in [1.807, 2.05) is 37.2 Å². The van der Waals surface area contributed by atoms with Gasteiger partial charge in [-0.25, -0.2) is 10.2 Å². The molecule has 9 nitrogen and oxygen atoms in total. The first kappa shape index (κ1) is 24.3. The van der Waals surface area contributed by atoms with Gasteiger partial charge in [-0.15, -0.1) is 6.58 Å². The van der Waals surface area contributed by atoms with Gasteiger partial charge in [-0.1, -0.05) is 12.1 Å². The van der Waals surface area contributed by atoms with Gasteiger partial charge in [0.15, 0.2) is 24.7 Å². The zero-order chi connectivity index (χ0) is 23.5. The summed E-state index contributed by atoms with van der Waals surface area (Å²) in [6, 6.07) is 10.8. The normalized spacial score (nSPS) is 10.5. The molecule has 0 radical (unpaired) electrons. The monoisotopic (exact) mass is 441 g/mol. The number of carboxylic acid groups (broad SMARTS) is 1. The van der Waals surface area contributed by atoms with E-state index in [9.17, 15) is 9.59 Å². The second-order valence-electron chi connectivity index (χ2n) is 6.86. The lowest BCUT2D eigenvalue weighted by Crippen LogP contribution is -2.24. The van der Waals surface area contributed by atoms with Crippen LogP contribution < -0.4 is 24.5 Å². The Balaban J connectivity index is 2.03. The molecule has 9 heteroatoms. The molecule has 0 aromatic heterocycles. The van der Waals surface area contributed by atoms with Gasteiger partial charge < -0.3 is 24.2 Å². The molecule has 0 saturated heterocycles. The van der Waals surface area contributed by atoms with E-state index in [1.54, 1.807) is 24.3 Å². The third-order valence-electron chi connectivity index (χ3n) is 4.19. The van der Waals surface area contributed by atoms with E-state index in [-0.39, 0.29) is 6.61 Å². The van der Waals surface area contributed by atoms with Crippen LogP contribution in [0.5, 0.6) is 17.2 Å². The number of ether oxygens (including phenoxy) is 3. The number of hydrogen-bond acceptors (Lipinski definition) is 7. The molecule has 0 aliphatic heterocycles. The summed E-state index contributed by atoms with van der Waals surface area (Å²) in [4.78, 5) is 24.8. The molecule has 1 amide bonds. The van der Waals surface area contributed by atoms with Gasteiger partial charge in [-0.3, -0.25) is 4.79 Å². The smallest absolute Gasteiger partial charge is 0.341 e. The average Bonchev–Trinajstić information content (AvgIpc) is 2.77. The van der Waals surface area contributed by atoms with Crippen LogP contribution in [-0.4, -0.2) is 57.6 Å². The molecule has 0 spiro atoms. The fourth-order valence-electron chi connectivity index (χ4n) is 2.73. The first-order chi connectivity index (χ1) is 15.3. The Kier molecular flexibility index (Phi) is 9.09. The summed E-state index contributed by atoms with van der Waals surface area (Å²) in [7, 11) is 5.29.